The summed E-state index contributed by atoms with van der Waals surface area (Å²) in [7, 11) is 0. The largest absolute Gasteiger partial charge is 0.271 e. The quantitative estimate of drug-likeness (QED) is 0.665. The Bertz CT molecular complexity index is 542. The molecule has 0 saturated heterocycles. The molecule has 0 amide bonds. The zero-order valence-electron chi connectivity index (χ0n) is 9.91. The van der Waals surface area contributed by atoms with E-state index in [2.05, 4.69) is 5.43 Å². The Morgan fingerprint density at radius 3 is 2.83 bits per heavy atom. The maximum atomic E-state index is 13.2. The van der Waals surface area contributed by atoms with Crippen molar-refractivity contribution in [1.29, 1.82) is 0 Å². The lowest BCUT2D eigenvalue weighted by atomic mass is 10.0. The van der Waals surface area contributed by atoms with Crippen LogP contribution in [0.5, 0.6) is 0 Å². The first-order valence-corrected chi connectivity index (χ1v) is 6.81. The third-order valence-electron chi connectivity index (χ3n) is 2.85. The van der Waals surface area contributed by atoms with Gasteiger partial charge in [-0.1, -0.05) is 11.6 Å². The summed E-state index contributed by atoms with van der Waals surface area (Å²) in [5.74, 6) is 5.30. The summed E-state index contributed by atoms with van der Waals surface area (Å²) >= 11 is 7.70. The lowest BCUT2D eigenvalue weighted by Crippen LogP contribution is -2.29. The number of nitrogens with two attached hydrogens (primary N) is 1. The average molecular weight is 285 g/mol. The van der Waals surface area contributed by atoms with Gasteiger partial charge in [0.15, 0.2) is 0 Å². The fraction of sp³-hybridized carbons (Fsp3) is 0.231. The molecular formula is C13H14ClFN2S. The molecule has 0 bridgehead atoms. The van der Waals surface area contributed by atoms with Gasteiger partial charge in [0.05, 0.1) is 6.04 Å². The third kappa shape index (κ3) is 2.90. The van der Waals surface area contributed by atoms with Gasteiger partial charge in [-0.3, -0.25) is 11.3 Å². The number of rotatable bonds is 4. The molecule has 5 heteroatoms. The summed E-state index contributed by atoms with van der Waals surface area (Å²) in [5.41, 5.74) is 4.70. The SMILES string of the molecule is Cc1ccsc1C(Cc1cc(F)ccc1Cl)NN. The monoisotopic (exact) mass is 284 g/mol. The Labute approximate surface area is 115 Å². The Kier molecular flexibility index (Phi) is 4.35. The van der Waals surface area contributed by atoms with E-state index in [0.717, 1.165) is 10.4 Å². The van der Waals surface area contributed by atoms with Gasteiger partial charge in [-0.2, -0.15) is 0 Å². The molecule has 2 aromatic rings. The molecule has 3 N–H and O–H groups in total. The summed E-state index contributed by atoms with van der Waals surface area (Å²) in [5, 5.41) is 2.58. The van der Waals surface area contributed by atoms with Crippen molar-refractivity contribution < 1.29 is 4.39 Å². The van der Waals surface area contributed by atoms with Crippen LogP contribution >= 0.6 is 22.9 Å². The van der Waals surface area contributed by atoms with E-state index in [-0.39, 0.29) is 11.9 Å². The molecule has 1 aromatic heterocycles. The van der Waals surface area contributed by atoms with Crippen molar-refractivity contribution >= 4 is 22.9 Å². The van der Waals surface area contributed by atoms with E-state index in [9.17, 15) is 4.39 Å². The van der Waals surface area contributed by atoms with Crippen LogP contribution in [0.1, 0.15) is 22.0 Å². The van der Waals surface area contributed by atoms with Crippen molar-refractivity contribution in [2.24, 2.45) is 5.84 Å². The molecule has 1 heterocycles. The van der Waals surface area contributed by atoms with Crippen molar-refractivity contribution in [2.45, 2.75) is 19.4 Å². The minimum Gasteiger partial charge on any atom is -0.271 e. The minimum atomic E-state index is -0.284. The number of hydrogen-bond acceptors (Lipinski definition) is 3. The van der Waals surface area contributed by atoms with E-state index in [1.165, 1.54) is 17.7 Å². The standard InChI is InChI=1S/C13H14ClFN2S/c1-8-4-5-18-13(8)12(17-16)7-9-6-10(15)2-3-11(9)14/h2-6,12,17H,7,16H2,1H3. The van der Waals surface area contributed by atoms with Crippen LogP contribution in [0.2, 0.25) is 5.02 Å². The molecule has 1 unspecified atom stereocenters. The zero-order chi connectivity index (χ0) is 13.1. The molecular weight excluding hydrogens is 271 g/mol. The summed E-state index contributed by atoms with van der Waals surface area (Å²) in [6.45, 7) is 2.03. The number of nitrogens with one attached hydrogen (secondary N) is 1. The van der Waals surface area contributed by atoms with Gasteiger partial charge in [0.25, 0.3) is 0 Å². The molecule has 0 aliphatic carbocycles. The first-order valence-electron chi connectivity index (χ1n) is 5.56. The van der Waals surface area contributed by atoms with Crippen LogP contribution < -0.4 is 11.3 Å². The highest BCUT2D eigenvalue weighted by Crippen LogP contribution is 2.28. The summed E-state index contributed by atoms with van der Waals surface area (Å²) in [4.78, 5) is 1.15. The van der Waals surface area contributed by atoms with E-state index in [1.807, 2.05) is 18.4 Å². The first kappa shape index (κ1) is 13.5. The van der Waals surface area contributed by atoms with E-state index in [4.69, 9.17) is 17.4 Å². The van der Waals surface area contributed by atoms with Gasteiger partial charge >= 0.3 is 0 Å². The van der Waals surface area contributed by atoms with Crippen LogP contribution in [-0.2, 0) is 6.42 Å². The topological polar surface area (TPSA) is 38.0 Å². The van der Waals surface area contributed by atoms with E-state index >= 15 is 0 Å². The number of halogens is 2. The second-order valence-corrected chi connectivity index (χ2v) is 5.48. The fourth-order valence-electron chi connectivity index (χ4n) is 1.89. The molecule has 1 atom stereocenters. The van der Waals surface area contributed by atoms with Gasteiger partial charge in [0.1, 0.15) is 5.82 Å². The smallest absolute Gasteiger partial charge is 0.123 e. The maximum Gasteiger partial charge on any atom is 0.123 e. The normalized spacial score (nSPS) is 12.7. The Balaban J connectivity index is 2.26. The third-order valence-corrected chi connectivity index (χ3v) is 4.35. The van der Waals surface area contributed by atoms with Crippen LogP contribution in [-0.4, -0.2) is 0 Å². The number of aryl methyl sites for hydroxylation is 1. The molecule has 96 valence electrons. The minimum absolute atomic E-state index is 0.0516. The maximum absolute atomic E-state index is 13.2. The van der Waals surface area contributed by atoms with Gasteiger partial charge < -0.3 is 0 Å². The molecule has 1 aromatic carbocycles. The Hall–Kier alpha value is -0.940. The molecule has 0 spiro atoms. The van der Waals surface area contributed by atoms with Gasteiger partial charge in [-0.15, -0.1) is 11.3 Å². The number of hydrazine groups is 1. The van der Waals surface area contributed by atoms with Crippen LogP contribution in [0, 0.1) is 12.7 Å². The van der Waals surface area contributed by atoms with Gasteiger partial charge in [0.2, 0.25) is 0 Å². The van der Waals surface area contributed by atoms with Crippen LogP contribution in [0.4, 0.5) is 4.39 Å². The van der Waals surface area contributed by atoms with Crippen molar-refractivity contribution in [3.05, 3.63) is 56.5 Å². The first-order chi connectivity index (χ1) is 8.61. The zero-order valence-corrected chi connectivity index (χ0v) is 11.5. The summed E-state index contributed by atoms with van der Waals surface area (Å²) in [6, 6.07) is 6.37. The molecule has 0 aliphatic heterocycles. The van der Waals surface area contributed by atoms with Crippen molar-refractivity contribution in [3.63, 3.8) is 0 Å². The number of hydrogen-bond donors (Lipinski definition) is 2. The Morgan fingerprint density at radius 1 is 1.44 bits per heavy atom. The van der Waals surface area contributed by atoms with Crippen molar-refractivity contribution in [3.8, 4) is 0 Å². The van der Waals surface area contributed by atoms with Gasteiger partial charge in [-0.25, -0.2) is 4.39 Å². The fourth-order valence-corrected chi connectivity index (χ4v) is 3.07. The molecule has 0 aliphatic rings. The van der Waals surface area contributed by atoms with Gasteiger partial charge in [-0.05, 0) is 54.1 Å². The van der Waals surface area contributed by atoms with Crippen LogP contribution in [0.3, 0.4) is 0 Å². The molecule has 0 saturated carbocycles. The van der Waals surface area contributed by atoms with Crippen LogP contribution in [0.25, 0.3) is 0 Å². The van der Waals surface area contributed by atoms with Crippen LogP contribution in [0.15, 0.2) is 29.6 Å². The highest BCUT2D eigenvalue weighted by Gasteiger charge is 2.16. The summed E-state index contributed by atoms with van der Waals surface area (Å²) < 4.78 is 13.2. The van der Waals surface area contributed by atoms with Crippen molar-refractivity contribution in [1.82, 2.24) is 5.43 Å². The molecule has 2 nitrogen and oxygen atoms in total. The predicted molar refractivity (Wildman–Crippen MR) is 74.2 cm³/mol. The average Bonchev–Trinajstić information content (AvgIpc) is 2.77. The highest BCUT2D eigenvalue weighted by molar-refractivity contribution is 7.10. The molecule has 0 radical (unpaired) electrons. The summed E-state index contributed by atoms with van der Waals surface area (Å²) in [6.07, 6.45) is 0.564. The number of thiophene rings is 1. The second-order valence-electron chi connectivity index (χ2n) is 4.13. The van der Waals surface area contributed by atoms with Crippen molar-refractivity contribution in [2.75, 3.05) is 0 Å². The number of benzene rings is 1. The van der Waals surface area contributed by atoms with E-state index < -0.39 is 0 Å². The predicted octanol–water partition coefficient (Wildman–Crippen LogP) is 3.60. The molecule has 2 rings (SSSR count). The van der Waals surface area contributed by atoms with Gasteiger partial charge in [0, 0.05) is 9.90 Å². The lowest BCUT2D eigenvalue weighted by molar-refractivity contribution is 0.555. The van der Waals surface area contributed by atoms with E-state index in [1.54, 1.807) is 17.4 Å². The highest BCUT2D eigenvalue weighted by atomic mass is 35.5. The molecule has 0 fully saturated rings. The molecule has 18 heavy (non-hydrogen) atoms. The van der Waals surface area contributed by atoms with E-state index in [0.29, 0.717) is 11.4 Å². The second kappa shape index (κ2) is 5.80. The Morgan fingerprint density at radius 2 is 2.22 bits per heavy atom. The lowest BCUT2D eigenvalue weighted by Gasteiger charge is -2.16.